The molecule has 0 aliphatic heterocycles. The molecule has 92 valence electrons. The van der Waals surface area contributed by atoms with Crippen molar-refractivity contribution in [2.24, 2.45) is 0 Å². The lowest BCUT2D eigenvalue weighted by atomic mass is 10.2. The van der Waals surface area contributed by atoms with E-state index in [0.717, 1.165) is 5.01 Å². The van der Waals surface area contributed by atoms with Gasteiger partial charge in [0, 0.05) is 5.92 Å². The lowest BCUT2D eigenvalue weighted by Gasteiger charge is -2.02. The molecular weight excluding hydrogens is 270 g/mol. The molecule has 2 aromatic rings. The maximum atomic E-state index is 12.0. The van der Waals surface area contributed by atoms with Crippen LogP contribution >= 0.6 is 22.9 Å². The predicted molar refractivity (Wildman–Crippen MR) is 71.3 cm³/mol. The molecule has 6 heteroatoms. The minimum absolute atomic E-state index is 0.251. The average Bonchev–Trinajstić information content (AvgIpc) is 3.11. The van der Waals surface area contributed by atoms with Gasteiger partial charge in [-0.15, -0.1) is 10.2 Å². The zero-order chi connectivity index (χ0) is 12.5. The van der Waals surface area contributed by atoms with Crippen LogP contribution in [0.3, 0.4) is 0 Å². The van der Waals surface area contributed by atoms with Crippen molar-refractivity contribution in [3.63, 3.8) is 0 Å². The number of nitrogens with one attached hydrogen (secondary N) is 1. The van der Waals surface area contributed by atoms with Crippen LogP contribution in [0.4, 0.5) is 5.13 Å². The van der Waals surface area contributed by atoms with Gasteiger partial charge < -0.3 is 0 Å². The summed E-state index contributed by atoms with van der Waals surface area (Å²) in [6.45, 7) is 0. The van der Waals surface area contributed by atoms with Crippen LogP contribution in [0.5, 0.6) is 0 Å². The topological polar surface area (TPSA) is 54.9 Å². The molecule has 1 heterocycles. The summed E-state index contributed by atoms with van der Waals surface area (Å²) in [7, 11) is 0. The molecule has 1 saturated carbocycles. The van der Waals surface area contributed by atoms with Crippen molar-refractivity contribution in [2.45, 2.75) is 18.8 Å². The van der Waals surface area contributed by atoms with E-state index in [2.05, 4.69) is 15.5 Å². The van der Waals surface area contributed by atoms with Gasteiger partial charge in [-0.25, -0.2) is 0 Å². The first-order valence-electron chi connectivity index (χ1n) is 5.63. The van der Waals surface area contributed by atoms with Crippen molar-refractivity contribution in [3.05, 3.63) is 39.9 Å². The first-order valence-corrected chi connectivity index (χ1v) is 6.83. The highest BCUT2D eigenvalue weighted by atomic mass is 35.5. The van der Waals surface area contributed by atoms with Crippen LogP contribution in [0.25, 0.3) is 0 Å². The summed E-state index contributed by atoms with van der Waals surface area (Å²) in [5, 5.41) is 12.7. The first-order chi connectivity index (χ1) is 8.74. The number of halogens is 1. The lowest BCUT2D eigenvalue weighted by molar-refractivity contribution is 0.102. The number of anilines is 1. The van der Waals surface area contributed by atoms with E-state index < -0.39 is 0 Å². The van der Waals surface area contributed by atoms with Crippen LogP contribution in [0.2, 0.25) is 5.02 Å². The van der Waals surface area contributed by atoms with Crippen molar-refractivity contribution in [1.82, 2.24) is 10.2 Å². The van der Waals surface area contributed by atoms with Gasteiger partial charge in [0.2, 0.25) is 5.13 Å². The third-order valence-electron chi connectivity index (χ3n) is 2.71. The molecule has 1 N–H and O–H groups in total. The maximum absolute atomic E-state index is 12.0. The Labute approximate surface area is 113 Å². The summed E-state index contributed by atoms with van der Waals surface area (Å²) < 4.78 is 0. The van der Waals surface area contributed by atoms with Crippen molar-refractivity contribution in [1.29, 1.82) is 0 Å². The zero-order valence-electron chi connectivity index (χ0n) is 9.39. The quantitative estimate of drug-likeness (QED) is 0.938. The highest BCUT2D eigenvalue weighted by Crippen LogP contribution is 2.42. The molecular formula is C12H10ClN3OS. The summed E-state index contributed by atoms with van der Waals surface area (Å²) >= 11 is 7.39. The largest absolute Gasteiger partial charge is 0.296 e. The molecule has 0 atom stereocenters. The van der Waals surface area contributed by atoms with E-state index in [1.54, 1.807) is 24.3 Å². The first kappa shape index (κ1) is 11.6. The molecule has 1 aromatic heterocycles. The Hall–Kier alpha value is -1.46. The van der Waals surface area contributed by atoms with Gasteiger partial charge in [-0.3, -0.25) is 10.1 Å². The van der Waals surface area contributed by atoms with E-state index in [0.29, 0.717) is 21.6 Å². The van der Waals surface area contributed by atoms with Crippen molar-refractivity contribution < 1.29 is 4.79 Å². The van der Waals surface area contributed by atoms with Crippen LogP contribution in [-0.4, -0.2) is 16.1 Å². The third-order valence-corrected chi connectivity index (χ3v) is 4.04. The summed E-state index contributed by atoms with van der Waals surface area (Å²) in [4.78, 5) is 12.0. The molecule has 1 aromatic carbocycles. The molecule has 1 aliphatic rings. The van der Waals surface area contributed by atoms with Gasteiger partial charge in [0.25, 0.3) is 5.91 Å². The van der Waals surface area contributed by atoms with E-state index in [4.69, 9.17) is 11.6 Å². The van der Waals surface area contributed by atoms with Gasteiger partial charge in [0.1, 0.15) is 5.01 Å². The Kier molecular flexibility index (Phi) is 3.01. The molecule has 18 heavy (non-hydrogen) atoms. The summed E-state index contributed by atoms with van der Waals surface area (Å²) in [6.07, 6.45) is 2.35. The highest BCUT2D eigenvalue weighted by molar-refractivity contribution is 7.15. The van der Waals surface area contributed by atoms with Crippen LogP contribution in [0.1, 0.15) is 34.1 Å². The Bertz CT molecular complexity index is 595. The summed E-state index contributed by atoms with van der Waals surface area (Å²) in [5.74, 6) is 0.299. The van der Waals surface area contributed by atoms with Gasteiger partial charge in [-0.1, -0.05) is 35.1 Å². The molecule has 0 radical (unpaired) electrons. The van der Waals surface area contributed by atoms with Crippen LogP contribution in [-0.2, 0) is 0 Å². The van der Waals surface area contributed by atoms with Crippen molar-refractivity contribution >= 4 is 34.0 Å². The molecule has 1 fully saturated rings. The normalized spacial score (nSPS) is 14.5. The molecule has 0 unspecified atom stereocenters. The molecule has 1 aliphatic carbocycles. The number of hydrogen-bond acceptors (Lipinski definition) is 4. The minimum Gasteiger partial charge on any atom is -0.296 e. The van der Waals surface area contributed by atoms with Crippen LogP contribution < -0.4 is 5.32 Å². The number of rotatable bonds is 3. The second kappa shape index (κ2) is 4.66. The average molecular weight is 280 g/mol. The number of nitrogens with zero attached hydrogens (tertiary/aromatic N) is 2. The van der Waals surface area contributed by atoms with Gasteiger partial charge >= 0.3 is 0 Å². The van der Waals surface area contributed by atoms with E-state index >= 15 is 0 Å². The Morgan fingerprint density at radius 3 is 2.83 bits per heavy atom. The Morgan fingerprint density at radius 1 is 1.33 bits per heavy atom. The maximum Gasteiger partial charge on any atom is 0.259 e. The number of hydrogen-bond donors (Lipinski definition) is 1. The number of carbonyl (C=O) groups excluding carboxylic acids is 1. The van der Waals surface area contributed by atoms with E-state index in [1.807, 2.05) is 0 Å². The molecule has 0 saturated heterocycles. The number of amides is 1. The van der Waals surface area contributed by atoms with Crippen molar-refractivity contribution in [2.75, 3.05) is 5.32 Å². The van der Waals surface area contributed by atoms with E-state index in [1.165, 1.54) is 24.2 Å². The van der Waals surface area contributed by atoms with Crippen LogP contribution in [0.15, 0.2) is 24.3 Å². The monoisotopic (exact) mass is 279 g/mol. The Balaban J connectivity index is 1.75. The number of carbonyl (C=O) groups is 1. The fourth-order valence-electron chi connectivity index (χ4n) is 1.59. The van der Waals surface area contributed by atoms with Gasteiger partial charge in [0.15, 0.2) is 0 Å². The van der Waals surface area contributed by atoms with Gasteiger partial charge in [-0.05, 0) is 25.0 Å². The highest BCUT2D eigenvalue weighted by Gasteiger charge is 2.27. The van der Waals surface area contributed by atoms with Gasteiger partial charge in [-0.2, -0.15) is 0 Å². The Morgan fingerprint density at radius 2 is 2.11 bits per heavy atom. The smallest absolute Gasteiger partial charge is 0.259 e. The summed E-state index contributed by atoms with van der Waals surface area (Å²) in [6, 6.07) is 6.93. The number of aromatic nitrogens is 2. The minimum atomic E-state index is -0.251. The van der Waals surface area contributed by atoms with Crippen molar-refractivity contribution in [3.8, 4) is 0 Å². The SMILES string of the molecule is O=C(Nc1nnc(C2CC2)s1)c1ccccc1Cl. The van der Waals surface area contributed by atoms with E-state index in [9.17, 15) is 4.79 Å². The predicted octanol–water partition coefficient (Wildman–Crippen LogP) is 3.32. The fraction of sp³-hybridized carbons (Fsp3) is 0.250. The van der Waals surface area contributed by atoms with E-state index in [-0.39, 0.29) is 5.91 Å². The standard InChI is InChI=1S/C12H10ClN3OS/c13-9-4-2-1-3-8(9)10(17)14-12-16-15-11(18-12)7-5-6-7/h1-4,7H,5-6H2,(H,14,16,17). The second-order valence-electron chi connectivity index (χ2n) is 4.15. The molecule has 3 rings (SSSR count). The zero-order valence-corrected chi connectivity index (χ0v) is 11.0. The number of benzene rings is 1. The molecule has 1 amide bonds. The van der Waals surface area contributed by atoms with Crippen LogP contribution in [0, 0.1) is 0 Å². The molecule has 0 spiro atoms. The molecule has 4 nitrogen and oxygen atoms in total. The summed E-state index contributed by atoms with van der Waals surface area (Å²) in [5.41, 5.74) is 0.447. The second-order valence-corrected chi connectivity index (χ2v) is 5.57. The molecule has 0 bridgehead atoms. The fourth-order valence-corrected chi connectivity index (χ4v) is 2.72. The van der Waals surface area contributed by atoms with Gasteiger partial charge in [0.05, 0.1) is 10.6 Å². The lowest BCUT2D eigenvalue weighted by Crippen LogP contribution is -2.12. The third kappa shape index (κ3) is 2.37.